The zero-order valence-electron chi connectivity index (χ0n) is 12.9. The van der Waals surface area contributed by atoms with Crippen molar-refractivity contribution in [3.8, 4) is 0 Å². The van der Waals surface area contributed by atoms with Gasteiger partial charge in [0.2, 0.25) is 5.91 Å². The summed E-state index contributed by atoms with van der Waals surface area (Å²) in [7, 11) is -3.42. The van der Waals surface area contributed by atoms with E-state index in [9.17, 15) is 17.6 Å². The van der Waals surface area contributed by atoms with Gasteiger partial charge in [0.1, 0.15) is 10.6 Å². The molecule has 6 heteroatoms. The van der Waals surface area contributed by atoms with E-state index in [1.165, 1.54) is 26.0 Å². The summed E-state index contributed by atoms with van der Waals surface area (Å²) in [5.41, 5.74) is 0.860. The van der Waals surface area contributed by atoms with Gasteiger partial charge >= 0.3 is 0 Å². The van der Waals surface area contributed by atoms with E-state index in [0.29, 0.717) is 32.2 Å². The Bertz CT molecular complexity index is 651. The van der Waals surface area contributed by atoms with Gasteiger partial charge in [0.25, 0.3) is 0 Å². The highest BCUT2D eigenvalue weighted by atomic mass is 32.2. The lowest BCUT2D eigenvalue weighted by molar-refractivity contribution is -0.122. The average molecular weight is 327 g/mol. The normalized spacial score (nSPS) is 15.6. The van der Waals surface area contributed by atoms with Gasteiger partial charge in [-0.25, -0.2) is 12.8 Å². The summed E-state index contributed by atoms with van der Waals surface area (Å²) in [6, 6.07) is 6.32. The van der Waals surface area contributed by atoms with Crippen molar-refractivity contribution in [1.29, 1.82) is 0 Å². The Hall–Kier alpha value is -1.43. The number of amides is 1. The van der Waals surface area contributed by atoms with Gasteiger partial charge in [0.05, 0.1) is 5.25 Å². The predicted molar refractivity (Wildman–Crippen MR) is 83.8 cm³/mol. The lowest BCUT2D eigenvalue weighted by Gasteiger charge is -2.23. The molecule has 0 heterocycles. The van der Waals surface area contributed by atoms with Crippen LogP contribution in [0.3, 0.4) is 0 Å². The number of rotatable bonds is 7. The van der Waals surface area contributed by atoms with Crippen molar-refractivity contribution >= 4 is 15.7 Å². The van der Waals surface area contributed by atoms with Crippen molar-refractivity contribution in [1.82, 2.24) is 5.32 Å². The van der Waals surface area contributed by atoms with E-state index < -0.39 is 20.5 Å². The molecule has 2 rings (SSSR count). The van der Waals surface area contributed by atoms with Crippen molar-refractivity contribution in [2.45, 2.75) is 49.5 Å². The lowest BCUT2D eigenvalue weighted by Crippen LogP contribution is -2.49. The Morgan fingerprint density at radius 2 is 2.05 bits per heavy atom. The summed E-state index contributed by atoms with van der Waals surface area (Å²) < 4.78 is 36.1. The number of carbonyl (C=O) groups is 1. The zero-order chi connectivity index (χ0) is 16.4. The molecule has 22 heavy (non-hydrogen) atoms. The van der Waals surface area contributed by atoms with Crippen LogP contribution in [0, 0.1) is 5.82 Å². The molecule has 0 atom stereocenters. The molecule has 1 N–H and O–H groups in total. The maximum Gasteiger partial charge on any atom is 0.240 e. The topological polar surface area (TPSA) is 63.2 Å². The molecule has 0 radical (unpaired) electrons. The van der Waals surface area contributed by atoms with E-state index in [2.05, 4.69) is 5.32 Å². The number of halogens is 1. The van der Waals surface area contributed by atoms with Gasteiger partial charge in [0, 0.05) is 6.54 Å². The van der Waals surface area contributed by atoms with E-state index in [4.69, 9.17) is 0 Å². The Balaban J connectivity index is 1.82. The first-order valence-electron chi connectivity index (χ1n) is 7.51. The van der Waals surface area contributed by atoms with Gasteiger partial charge in [-0.05, 0) is 57.2 Å². The average Bonchev–Trinajstić information content (AvgIpc) is 3.28. The second-order valence-corrected chi connectivity index (χ2v) is 9.02. The van der Waals surface area contributed by atoms with Crippen LogP contribution in [-0.4, -0.2) is 30.9 Å². The number of benzene rings is 1. The molecular formula is C16H22FNO3S. The molecule has 1 aromatic carbocycles. The van der Waals surface area contributed by atoms with Crippen molar-refractivity contribution in [2.24, 2.45) is 0 Å². The fraction of sp³-hybridized carbons (Fsp3) is 0.562. The third kappa shape index (κ3) is 3.66. The number of carbonyl (C=O) groups excluding carboxylic acids is 1. The van der Waals surface area contributed by atoms with Gasteiger partial charge in [0.15, 0.2) is 9.84 Å². The standard InChI is InChI=1S/C16H22FNO3S/c1-16(2,22(20,21)14-8-9-14)15(19)18-10-4-6-12-5-3-7-13(17)11-12/h3,5,7,11,14H,4,6,8-10H2,1-2H3,(H,18,19). The van der Waals surface area contributed by atoms with Crippen molar-refractivity contribution < 1.29 is 17.6 Å². The first-order chi connectivity index (χ1) is 10.2. The highest BCUT2D eigenvalue weighted by Crippen LogP contribution is 2.36. The quantitative estimate of drug-likeness (QED) is 0.781. The smallest absolute Gasteiger partial charge is 0.240 e. The molecule has 1 aliphatic carbocycles. The maximum atomic E-state index is 13.0. The molecule has 1 fully saturated rings. The molecule has 4 nitrogen and oxygen atoms in total. The summed E-state index contributed by atoms with van der Waals surface area (Å²) in [5.74, 6) is -0.739. The predicted octanol–water partition coefficient (Wildman–Crippen LogP) is 2.23. The first-order valence-corrected chi connectivity index (χ1v) is 9.06. The van der Waals surface area contributed by atoms with Crippen LogP contribution < -0.4 is 5.32 Å². The van der Waals surface area contributed by atoms with E-state index in [1.807, 2.05) is 6.07 Å². The molecular weight excluding hydrogens is 305 g/mol. The second-order valence-electron chi connectivity index (χ2n) is 6.24. The summed E-state index contributed by atoms with van der Waals surface area (Å²) >= 11 is 0. The summed E-state index contributed by atoms with van der Waals surface area (Å²) in [4.78, 5) is 12.2. The third-order valence-electron chi connectivity index (χ3n) is 4.04. The number of aryl methyl sites for hydroxylation is 1. The lowest BCUT2D eigenvalue weighted by atomic mass is 10.1. The van der Waals surface area contributed by atoms with Crippen molar-refractivity contribution in [3.05, 3.63) is 35.6 Å². The Morgan fingerprint density at radius 3 is 2.64 bits per heavy atom. The molecule has 0 spiro atoms. The third-order valence-corrected chi connectivity index (χ3v) is 7.00. The fourth-order valence-electron chi connectivity index (χ4n) is 2.32. The molecule has 1 aliphatic rings. The molecule has 0 saturated heterocycles. The van der Waals surface area contributed by atoms with Crippen LogP contribution in [0.25, 0.3) is 0 Å². The number of hydrogen-bond donors (Lipinski definition) is 1. The van der Waals surface area contributed by atoms with E-state index in [0.717, 1.165) is 5.56 Å². The van der Waals surface area contributed by atoms with Crippen LogP contribution in [0.5, 0.6) is 0 Å². The molecule has 0 aliphatic heterocycles. The largest absolute Gasteiger partial charge is 0.355 e. The van der Waals surface area contributed by atoms with E-state index in [1.54, 1.807) is 6.07 Å². The number of nitrogens with one attached hydrogen (secondary N) is 1. The molecule has 0 aromatic heterocycles. The van der Waals surface area contributed by atoms with Gasteiger partial charge < -0.3 is 5.32 Å². The highest BCUT2D eigenvalue weighted by Gasteiger charge is 2.50. The minimum Gasteiger partial charge on any atom is -0.355 e. The summed E-state index contributed by atoms with van der Waals surface area (Å²) in [6.07, 6.45) is 2.57. The van der Waals surface area contributed by atoms with Crippen molar-refractivity contribution in [3.63, 3.8) is 0 Å². The van der Waals surface area contributed by atoms with Crippen LogP contribution in [-0.2, 0) is 21.1 Å². The first kappa shape index (κ1) is 16.9. The van der Waals surface area contributed by atoms with Crippen molar-refractivity contribution in [2.75, 3.05) is 6.54 Å². The van der Waals surface area contributed by atoms with Crippen LogP contribution in [0.15, 0.2) is 24.3 Å². The molecule has 0 unspecified atom stereocenters. The van der Waals surface area contributed by atoms with Gasteiger partial charge in [-0.2, -0.15) is 0 Å². The Labute approximate surface area is 131 Å². The highest BCUT2D eigenvalue weighted by molar-refractivity contribution is 7.94. The van der Waals surface area contributed by atoms with E-state index >= 15 is 0 Å². The molecule has 1 amide bonds. The number of sulfone groups is 1. The van der Waals surface area contributed by atoms with Crippen LogP contribution >= 0.6 is 0 Å². The summed E-state index contributed by atoms with van der Waals surface area (Å²) in [5, 5.41) is 2.32. The van der Waals surface area contributed by atoms with Gasteiger partial charge in [-0.3, -0.25) is 4.79 Å². The van der Waals surface area contributed by atoms with Crippen LogP contribution in [0.1, 0.15) is 38.7 Å². The second kappa shape index (κ2) is 6.36. The van der Waals surface area contributed by atoms with Gasteiger partial charge in [-0.1, -0.05) is 12.1 Å². The SMILES string of the molecule is CC(C)(C(=O)NCCCc1cccc(F)c1)S(=O)(=O)C1CC1. The van der Waals surface area contributed by atoms with Crippen LogP contribution in [0.4, 0.5) is 4.39 Å². The molecule has 1 saturated carbocycles. The van der Waals surface area contributed by atoms with Gasteiger partial charge in [-0.15, -0.1) is 0 Å². The minimum absolute atomic E-state index is 0.279. The maximum absolute atomic E-state index is 13.0. The molecule has 0 bridgehead atoms. The summed E-state index contributed by atoms with van der Waals surface area (Å²) in [6.45, 7) is 3.30. The molecule has 1 aromatic rings. The Kier molecular flexibility index (Phi) is 4.90. The molecule has 122 valence electrons. The number of hydrogen-bond acceptors (Lipinski definition) is 3. The fourth-order valence-corrected chi connectivity index (χ4v) is 4.24. The van der Waals surface area contributed by atoms with E-state index in [-0.39, 0.29) is 11.1 Å². The monoisotopic (exact) mass is 327 g/mol. The Morgan fingerprint density at radius 1 is 1.36 bits per heavy atom. The zero-order valence-corrected chi connectivity index (χ0v) is 13.7. The van der Waals surface area contributed by atoms with Crippen LogP contribution in [0.2, 0.25) is 0 Å². The minimum atomic E-state index is -3.42.